The van der Waals surface area contributed by atoms with Crippen LogP contribution in [0.1, 0.15) is 16.9 Å². The molecule has 0 aliphatic rings. The fourth-order valence-corrected chi connectivity index (χ4v) is 2.62. The molecule has 0 amide bonds. The van der Waals surface area contributed by atoms with Gasteiger partial charge < -0.3 is 4.57 Å². The summed E-state index contributed by atoms with van der Waals surface area (Å²) in [7, 11) is 0. The molecule has 0 aliphatic carbocycles. The molecular weight excluding hydrogens is 289 g/mol. The number of alkyl halides is 1. The van der Waals surface area contributed by atoms with Crippen molar-refractivity contribution in [2.24, 2.45) is 0 Å². The summed E-state index contributed by atoms with van der Waals surface area (Å²) in [5.41, 5.74) is 1.76. The summed E-state index contributed by atoms with van der Waals surface area (Å²) in [6.45, 7) is 0.768. The van der Waals surface area contributed by atoms with Crippen molar-refractivity contribution < 1.29 is 4.79 Å². The second-order valence-electron chi connectivity index (χ2n) is 3.53. The summed E-state index contributed by atoms with van der Waals surface area (Å²) in [5, 5.41) is 1.07. The van der Waals surface area contributed by atoms with E-state index in [-0.39, 0.29) is 0 Å². The lowest BCUT2D eigenvalue weighted by Crippen LogP contribution is -2.02. The number of hydrogen-bond acceptors (Lipinski definition) is 1. The molecule has 16 heavy (non-hydrogen) atoms. The van der Waals surface area contributed by atoms with Crippen LogP contribution in [-0.4, -0.2) is 16.7 Å². The highest BCUT2D eigenvalue weighted by Gasteiger charge is 2.13. The van der Waals surface area contributed by atoms with Crippen molar-refractivity contribution in [3.05, 3.63) is 34.4 Å². The van der Waals surface area contributed by atoms with Crippen molar-refractivity contribution in [3.63, 3.8) is 0 Å². The third-order valence-electron chi connectivity index (χ3n) is 2.57. The van der Waals surface area contributed by atoms with Gasteiger partial charge in [-0.1, -0.05) is 18.2 Å². The van der Waals surface area contributed by atoms with Crippen LogP contribution in [0.5, 0.6) is 0 Å². The molecule has 1 aromatic heterocycles. The minimum absolute atomic E-state index is 0.600. The van der Waals surface area contributed by atoms with Crippen LogP contribution in [0.15, 0.2) is 28.7 Å². The van der Waals surface area contributed by atoms with E-state index in [4.69, 9.17) is 11.6 Å². The molecule has 2 aromatic rings. The zero-order valence-electron chi connectivity index (χ0n) is 8.62. The Morgan fingerprint density at radius 2 is 2.12 bits per heavy atom. The van der Waals surface area contributed by atoms with Crippen molar-refractivity contribution >= 4 is 44.7 Å². The monoisotopic (exact) mass is 299 g/mol. The van der Waals surface area contributed by atoms with Gasteiger partial charge in [0.15, 0.2) is 6.29 Å². The Labute approximate surface area is 107 Å². The van der Waals surface area contributed by atoms with Crippen molar-refractivity contribution in [1.82, 2.24) is 4.57 Å². The van der Waals surface area contributed by atoms with Gasteiger partial charge in [-0.15, -0.1) is 11.6 Å². The normalized spacial score (nSPS) is 10.9. The van der Waals surface area contributed by atoms with E-state index in [1.54, 1.807) is 0 Å². The van der Waals surface area contributed by atoms with Crippen molar-refractivity contribution in [3.8, 4) is 0 Å². The zero-order chi connectivity index (χ0) is 11.5. The molecule has 0 atom stereocenters. The molecule has 0 unspecified atom stereocenters. The molecule has 0 saturated heterocycles. The number of aromatic nitrogens is 1. The highest BCUT2D eigenvalue weighted by atomic mass is 79.9. The third kappa shape index (κ3) is 1.89. The van der Waals surface area contributed by atoms with Crippen molar-refractivity contribution in [2.75, 3.05) is 5.88 Å². The highest BCUT2D eigenvalue weighted by molar-refractivity contribution is 9.10. The number of carbonyl (C=O) groups excluding carboxylic acids is 1. The first-order valence-electron chi connectivity index (χ1n) is 5.07. The number of nitrogens with zero attached hydrogens (tertiary/aromatic N) is 1. The van der Waals surface area contributed by atoms with Gasteiger partial charge in [0.05, 0.1) is 10.2 Å². The molecule has 0 saturated carbocycles. The SMILES string of the molecule is O=Cc1c(Br)c2ccccc2n1CCCCl. The number of carbonyl (C=O) groups is 1. The number of para-hydroxylation sites is 1. The van der Waals surface area contributed by atoms with Gasteiger partial charge in [0, 0.05) is 23.3 Å². The van der Waals surface area contributed by atoms with E-state index < -0.39 is 0 Å². The molecule has 1 aromatic carbocycles. The maximum Gasteiger partial charge on any atom is 0.167 e. The minimum atomic E-state index is 0.600. The van der Waals surface area contributed by atoms with Crippen molar-refractivity contribution in [1.29, 1.82) is 0 Å². The first-order valence-corrected chi connectivity index (χ1v) is 6.40. The molecule has 0 N–H and O–H groups in total. The first-order chi connectivity index (χ1) is 7.79. The lowest BCUT2D eigenvalue weighted by Gasteiger charge is -2.05. The number of aldehydes is 1. The maximum atomic E-state index is 11.1. The van der Waals surface area contributed by atoms with Crippen LogP contribution in [0.2, 0.25) is 0 Å². The van der Waals surface area contributed by atoms with Gasteiger partial charge in [0.25, 0.3) is 0 Å². The Balaban J connectivity index is 2.63. The van der Waals surface area contributed by atoms with E-state index in [1.807, 2.05) is 28.8 Å². The Morgan fingerprint density at radius 3 is 2.81 bits per heavy atom. The molecule has 0 aliphatic heterocycles. The van der Waals surface area contributed by atoms with E-state index >= 15 is 0 Å². The molecule has 0 bridgehead atoms. The summed E-state index contributed by atoms with van der Waals surface area (Å²) in [6, 6.07) is 7.96. The highest BCUT2D eigenvalue weighted by Crippen LogP contribution is 2.30. The Kier molecular flexibility index (Phi) is 3.66. The number of hydrogen-bond donors (Lipinski definition) is 0. The third-order valence-corrected chi connectivity index (χ3v) is 3.67. The predicted molar refractivity (Wildman–Crippen MR) is 70.4 cm³/mol. The molecule has 2 nitrogen and oxygen atoms in total. The zero-order valence-corrected chi connectivity index (χ0v) is 11.0. The van der Waals surface area contributed by atoms with E-state index in [0.717, 1.165) is 34.6 Å². The fourth-order valence-electron chi connectivity index (χ4n) is 1.85. The molecule has 4 heteroatoms. The van der Waals surface area contributed by atoms with E-state index in [2.05, 4.69) is 15.9 Å². The van der Waals surface area contributed by atoms with Gasteiger partial charge in [-0.25, -0.2) is 0 Å². The van der Waals surface area contributed by atoms with E-state index in [1.165, 1.54) is 0 Å². The number of rotatable bonds is 4. The predicted octanol–water partition coefficient (Wildman–Crippen LogP) is 3.85. The van der Waals surface area contributed by atoms with Crippen LogP contribution in [0, 0.1) is 0 Å². The van der Waals surface area contributed by atoms with Crippen molar-refractivity contribution in [2.45, 2.75) is 13.0 Å². The van der Waals surface area contributed by atoms with Gasteiger partial charge in [0.2, 0.25) is 0 Å². The van der Waals surface area contributed by atoms with Gasteiger partial charge >= 0.3 is 0 Å². The number of halogens is 2. The van der Waals surface area contributed by atoms with Gasteiger partial charge in [-0.3, -0.25) is 4.79 Å². The van der Waals surface area contributed by atoms with Crippen LogP contribution >= 0.6 is 27.5 Å². The number of fused-ring (bicyclic) bond motifs is 1. The average Bonchev–Trinajstić information content (AvgIpc) is 2.60. The lowest BCUT2D eigenvalue weighted by molar-refractivity contribution is 0.111. The van der Waals surface area contributed by atoms with Crippen LogP contribution < -0.4 is 0 Å². The topological polar surface area (TPSA) is 22.0 Å². The quantitative estimate of drug-likeness (QED) is 0.621. The summed E-state index contributed by atoms with van der Waals surface area (Å²) in [6.07, 6.45) is 1.74. The van der Waals surface area contributed by atoms with Crippen LogP contribution in [0.4, 0.5) is 0 Å². The summed E-state index contributed by atoms with van der Waals surface area (Å²) >= 11 is 9.16. The smallest absolute Gasteiger partial charge is 0.167 e. The Bertz CT molecular complexity index is 521. The fraction of sp³-hybridized carbons (Fsp3) is 0.250. The molecule has 0 spiro atoms. The summed E-state index contributed by atoms with van der Waals surface area (Å²) in [4.78, 5) is 11.1. The van der Waals surface area contributed by atoms with E-state index in [9.17, 15) is 4.79 Å². The summed E-state index contributed by atoms with van der Waals surface area (Å²) in [5.74, 6) is 0.600. The second kappa shape index (κ2) is 5.02. The van der Waals surface area contributed by atoms with Gasteiger partial charge in [-0.05, 0) is 28.4 Å². The maximum absolute atomic E-state index is 11.1. The standard InChI is InChI=1S/C12H11BrClNO/c13-12-9-4-1-2-5-10(9)15(7-3-6-14)11(12)8-16/h1-2,4-5,8H,3,6-7H2. The van der Waals surface area contributed by atoms with Crippen LogP contribution in [-0.2, 0) is 6.54 Å². The van der Waals surface area contributed by atoms with Gasteiger partial charge in [0.1, 0.15) is 0 Å². The molecular formula is C12H11BrClNO. The molecule has 0 fully saturated rings. The first kappa shape index (κ1) is 11.7. The Hall–Kier alpha value is -0.800. The second-order valence-corrected chi connectivity index (χ2v) is 4.70. The van der Waals surface area contributed by atoms with E-state index in [0.29, 0.717) is 11.6 Å². The van der Waals surface area contributed by atoms with Crippen LogP contribution in [0.3, 0.4) is 0 Å². The minimum Gasteiger partial charge on any atom is -0.337 e. The average molecular weight is 301 g/mol. The summed E-state index contributed by atoms with van der Waals surface area (Å²) < 4.78 is 2.88. The number of benzene rings is 1. The molecule has 84 valence electrons. The van der Waals surface area contributed by atoms with Gasteiger partial charge in [-0.2, -0.15) is 0 Å². The molecule has 2 rings (SSSR count). The Morgan fingerprint density at radius 1 is 1.38 bits per heavy atom. The largest absolute Gasteiger partial charge is 0.337 e. The lowest BCUT2D eigenvalue weighted by atomic mass is 10.2. The van der Waals surface area contributed by atoms with Crippen LogP contribution in [0.25, 0.3) is 10.9 Å². The molecule has 1 heterocycles. The number of aryl methyl sites for hydroxylation is 1. The molecule has 0 radical (unpaired) electrons.